The van der Waals surface area contributed by atoms with Crippen LogP contribution in [0.1, 0.15) is 15.9 Å². The van der Waals surface area contributed by atoms with Crippen molar-refractivity contribution in [2.75, 3.05) is 5.43 Å². The molecule has 0 spiro atoms. The molecule has 3 aromatic rings. The molecule has 6 heteroatoms. The molecule has 0 fully saturated rings. The van der Waals surface area contributed by atoms with Gasteiger partial charge in [0, 0.05) is 23.1 Å². The first-order valence-electron chi connectivity index (χ1n) is 6.83. The number of alkyl halides is 3. The van der Waals surface area contributed by atoms with Crippen molar-refractivity contribution in [3.63, 3.8) is 0 Å². The zero-order chi connectivity index (χ0) is 16.4. The lowest BCUT2D eigenvalue weighted by atomic mass is 10.1. The molecule has 3 rings (SSSR count). The number of amides is 1. The van der Waals surface area contributed by atoms with Crippen molar-refractivity contribution < 1.29 is 22.6 Å². The highest BCUT2D eigenvalue weighted by Crippen LogP contribution is 2.29. The Morgan fingerprint density at radius 1 is 0.913 bits per heavy atom. The van der Waals surface area contributed by atoms with Gasteiger partial charge in [0.1, 0.15) is 0 Å². The van der Waals surface area contributed by atoms with E-state index in [-0.39, 0.29) is 5.56 Å². The van der Waals surface area contributed by atoms with Crippen LogP contribution in [-0.2, 0) is 6.18 Å². The SMILES string of the molecule is O=C(N[n+]1cccc2ccccc21)c1ccc(C(F)(F)F)cc1. The van der Waals surface area contributed by atoms with Crippen LogP contribution in [0, 0.1) is 0 Å². The second kappa shape index (κ2) is 5.72. The van der Waals surface area contributed by atoms with Gasteiger partial charge in [-0.2, -0.15) is 13.2 Å². The first-order chi connectivity index (χ1) is 10.9. The molecule has 1 heterocycles. The zero-order valence-corrected chi connectivity index (χ0v) is 11.8. The number of carbonyl (C=O) groups is 1. The van der Waals surface area contributed by atoms with E-state index >= 15 is 0 Å². The third-order valence-corrected chi connectivity index (χ3v) is 3.40. The van der Waals surface area contributed by atoms with Crippen LogP contribution < -0.4 is 10.1 Å². The van der Waals surface area contributed by atoms with Gasteiger partial charge in [-0.25, -0.2) is 0 Å². The van der Waals surface area contributed by atoms with E-state index in [9.17, 15) is 18.0 Å². The molecule has 1 aromatic heterocycles. The standard InChI is InChI=1S/C17H11F3N2O/c18-17(19,20)14-9-7-13(8-10-14)16(23)21-22-11-3-5-12-4-1-2-6-15(12)22/h1-11H/p+1. The van der Waals surface area contributed by atoms with E-state index in [1.807, 2.05) is 30.3 Å². The molecule has 0 aliphatic rings. The molecule has 23 heavy (non-hydrogen) atoms. The summed E-state index contributed by atoms with van der Waals surface area (Å²) in [6.07, 6.45) is -2.75. The molecule has 0 bridgehead atoms. The summed E-state index contributed by atoms with van der Waals surface area (Å²) in [5, 5.41) is 0.933. The van der Waals surface area contributed by atoms with Crippen LogP contribution in [0.2, 0.25) is 0 Å². The zero-order valence-electron chi connectivity index (χ0n) is 11.8. The first kappa shape index (κ1) is 15.0. The Kier molecular flexibility index (Phi) is 3.73. The number of hydrogen-bond acceptors (Lipinski definition) is 1. The summed E-state index contributed by atoms with van der Waals surface area (Å²) in [5.74, 6) is -0.486. The summed E-state index contributed by atoms with van der Waals surface area (Å²) in [4.78, 5) is 12.2. The maximum Gasteiger partial charge on any atom is 0.416 e. The summed E-state index contributed by atoms with van der Waals surface area (Å²) in [5.41, 5.74) is 2.81. The number of aromatic nitrogens is 1. The number of hydrogen-bond donors (Lipinski definition) is 1. The molecule has 0 atom stereocenters. The number of fused-ring (bicyclic) bond motifs is 1. The molecule has 1 amide bonds. The van der Waals surface area contributed by atoms with Gasteiger partial charge in [0.2, 0.25) is 11.7 Å². The maximum atomic E-state index is 12.5. The van der Waals surface area contributed by atoms with Gasteiger partial charge < -0.3 is 0 Å². The Morgan fingerprint density at radius 2 is 1.57 bits per heavy atom. The molecule has 2 aromatic carbocycles. The van der Waals surface area contributed by atoms with Crippen molar-refractivity contribution in [1.82, 2.24) is 0 Å². The van der Waals surface area contributed by atoms with E-state index in [0.29, 0.717) is 0 Å². The van der Waals surface area contributed by atoms with Crippen LogP contribution in [0.3, 0.4) is 0 Å². The van der Waals surface area contributed by atoms with Crippen LogP contribution in [-0.4, -0.2) is 5.91 Å². The van der Waals surface area contributed by atoms with E-state index in [0.717, 1.165) is 35.2 Å². The minimum Gasteiger partial charge on any atom is -0.264 e. The van der Waals surface area contributed by atoms with Gasteiger partial charge in [-0.15, -0.1) is 5.43 Å². The van der Waals surface area contributed by atoms with E-state index in [1.54, 1.807) is 12.3 Å². The second-order valence-corrected chi connectivity index (χ2v) is 4.95. The third-order valence-electron chi connectivity index (χ3n) is 3.40. The average Bonchev–Trinajstić information content (AvgIpc) is 2.54. The van der Waals surface area contributed by atoms with Crippen molar-refractivity contribution in [3.05, 3.63) is 78.0 Å². The monoisotopic (exact) mass is 317 g/mol. The van der Waals surface area contributed by atoms with Crippen LogP contribution in [0.4, 0.5) is 13.2 Å². The second-order valence-electron chi connectivity index (χ2n) is 4.95. The fourth-order valence-electron chi connectivity index (χ4n) is 2.24. The molecular formula is C17H12F3N2O+. The topological polar surface area (TPSA) is 33.0 Å². The number of para-hydroxylation sites is 1. The lowest BCUT2D eigenvalue weighted by molar-refractivity contribution is -0.614. The fraction of sp³-hybridized carbons (Fsp3) is 0.0588. The highest BCUT2D eigenvalue weighted by atomic mass is 19.4. The van der Waals surface area contributed by atoms with Crippen LogP contribution >= 0.6 is 0 Å². The highest BCUT2D eigenvalue weighted by Gasteiger charge is 2.30. The van der Waals surface area contributed by atoms with Gasteiger partial charge in [-0.1, -0.05) is 16.8 Å². The molecule has 0 saturated carbocycles. The predicted molar refractivity (Wildman–Crippen MR) is 79.3 cm³/mol. The van der Waals surface area contributed by atoms with E-state index < -0.39 is 17.6 Å². The Balaban J connectivity index is 1.86. The van der Waals surface area contributed by atoms with E-state index in [2.05, 4.69) is 5.43 Å². The Labute approximate surface area is 130 Å². The average molecular weight is 317 g/mol. The minimum atomic E-state index is -4.42. The van der Waals surface area contributed by atoms with Crippen molar-refractivity contribution in [3.8, 4) is 0 Å². The number of carbonyl (C=O) groups excluding carboxylic acids is 1. The van der Waals surface area contributed by atoms with Crippen LogP contribution in [0.25, 0.3) is 10.9 Å². The normalized spacial score (nSPS) is 11.4. The Hall–Kier alpha value is -2.89. The molecule has 3 nitrogen and oxygen atoms in total. The number of rotatable bonds is 2. The smallest absolute Gasteiger partial charge is 0.264 e. The Morgan fingerprint density at radius 3 is 2.26 bits per heavy atom. The minimum absolute atomic E-state index is 0.151. The highest BCUT2D eigenvalue weighted by molar-refractivity contribution is 5.99. The van der Waals surface area contributed by atoms with Crippen LogP contribution in [0.5, 0.6) is 0 Å². The number of nitrogens with zero attached hydrogens (tertiary/aromatic N) is 1. The van der Waals surface area contributed by atoms with Gasteiger partial charge >= 0.3 is 12.1 Å². The van der Waals surface area contributed by atoms with Crippen molar-refractivity contribution >= 4 is 16.8 Å². The van der Waals surface area contributed by atoms with Crippen molar-refractivity contribution in [2.24, 2.45) is 0 Å². The first-order valence-corrected chi connectivity index (χ1v) is 6.83. The number of nitrogens with one attached hydrogen (secondary N) is 1. The summed E-state index contributed by atoms with van der Waals surface area (Å²) < 4.78 is 39.1. The number of halogens is 3. The largest absolute Gasteiger partial charge is 0.416 e. The van der Waals surface area contributed by atoms with E-state index in [1.165, 1.54) is 4.68 Å². The molecule has 116 valence electrons. The summed E-state index contributed by atoms with van der Waals surface area (Å²) >= 11 is 0. The lowest BCUT2D eigenvalue weighted by Crippen LogP contribution is -2.48. The third kappa shape index (κ3) is 3.15. The molecule has 0 saturated heterocycles. The quantitative estimate of drug-likeness (QED) is 0.721. The van der Waals surface area contributed by atoms with Crippen molar-refractivity contribution in [2.45, 2.75) is 6.18 Å². The summed E-state index contributed by atoms with van der Waals surface area (Å²) in [6.45, 7) is 0. The molecule has 0 unspecified atom stereocenters. The predicted octanol–water partition coefficient (Wildman–Crippen LogP) is 3.53. The lowest BCUT2D eigenvalue weighted by Gasteiger charge is -2.07. The fourth-order valence-corrected chi connectivity index (χ4v) is 2.24. The van der Waals surface area contributed by atoms with Gasteiger partial charge in [0.15, 0.2) is 0 Å². The molecule has 0 radical (unpaired) electrons. The number of pyridine rings is 1. The maximum absolute atomic E-state index is 12.5. The van der Waals surface area contributed by atoms with Gasteiger partial charge in [0.25, 0.3) is 0 Å². The Bertz CT molecular complexity index is 852. The summed E-state index contributed by atoms with van der Waals surface area (Å²) in [7, 11) is 0. The molecule has 0 aliphatic carbocycles. The van der Waals surface area contributed by atoms with E-state index in [4.69, 9.17) is 0 Å². The van der Waals surface area contributed by atoms with Gasteiger partial charge in [0.05, 0.1) is 5.56 Å². The van der Waals surface area contributed by atoms with Crippen molar-refractivity contribution in [1.29, 1.82) is 0 Å². The van der Waals surface area contributed by atoms with Gasteiger partial charge in [-0.3, -0.25) is 4.79 Å². The summed E-state index contributed by atoms with van der Waals surface area (Å²) in [6, 6.07) is 15.2. The van der Waals surface area contributed by atoms with Gasteiger partial charge in [-0.05, 0) is 36.4 Å². The van der Waals surface area contributed by atoms with Crippen LogP contribution in [0.15, 0.2) is 66.9 Å². The number of benzene rings is 2. The molecule has 0 aliphatic heterocycles. The molecule has 1 N–H and O–H groups in total. The molecular weight excluding hydrogens is 305 g/mol.